The highest BCUT2D eigenvalue weighted by Crippen LogP contribution is 2.35. The summed E-state index contributed by atoms with van der Waals surface area (Å²) < 4.78 is 15.7. The van der Waals surface area contributed by atoms with Crippen molar-refractivity contribution in [1.29, 1.82) is 0 Å². The van der Waals surface area contributed by atoms with Gasteiger partial charge in [-0.3, -0.25) is 4.90 Å². The average Bonchev–Trinajstić information content (AvgIpc) is 2.99. The Hall–Kier alpha value is -0.750. The molecule has 0 radical (unpaired) electrons. The highest BCUT2D eigenvalue weighted by molar-refractivity contribution is 9.10. The van der Waals surface area contributed by atoms with Gasteiger partial charge in [-0.2, -0.15) is 0 Å². The Morgan fingerprint density at radius 3 is 2.76 bits per heavy atom. The predicted octanol–water partition coefficient (Wildman–Crippen LogP) is 3.95. The van der Waals surface area contributed by atoms with Gasteiger partial charge < -0.3 is 5.32 Å². The lowest BCUT2D eigenvalue weighted by Gasteiger charge is -2.35. The Bertz CT molecular complexity index is 609. The fraction of sp³-hybridized carbons (Fsp3) is 0.375. The van der Waals surface area contributed by atoms with E-state index in [4.69, 9.17) is 0 Å². The summed E-state index contributed by atoms with van der Waals surface area (Å²) in [5, 5.41) is 5.43. The van der Waals surface area contributed by atoms with E-state index in [1.165, 1.54) is 4.88 Å². The average molecular weight is 369 g/mol. The van der Waals surface area contributed by atoms with E-state index in [1.54, 1.807) is 11.3 Å². The molecule has 0 spiro atoms. The summed E-state index contributed by atoms with van der Waals surface area (Å²) in [5.41, 5.74) is 1.46. The zero-order chi connectivity index (χ0) is 14.8. The molecule has 0 aliphatic carbocycles. The minimum Gasteiger partial charge on any atom is -0.314 e. The minimum atomic E-state index is -0.0878. The van der Waals surface area contributed by atoms with Gasteiger partial charge >= 0.3 is 0 Å². The molecule has 1 atom stereocenters. The second-order valence-corrected chi connectivity index (χ2v) is 7.22. The molecule has 2 heterocycles. The molecule has 0 bridgehead atoms. The van der Waals surface area contributed by atoms with Crippen molar-refractivity contribution < 1.29 is 4.39 Å². The van der Waals surface area contributed by atoms with Gasteiger partial charge in [-0.1, -0.05) is 22.0 Å². The maximum absolute atomic E-state index is 14.7. The molecule has 1 N–H and O–H groups in total. The number of benzene rings is 1. The van der Waals surface area contributed by atoms with Crippen molar-refractivity contribution in [2.45, 2.75) is 13.0 Å². The molecular weight excluding hydrogens is 351 g/mol. The number of hydrogen-bond acceptors (Lipinski definition) is 3. The maximum atomic E-state index is 14.7. The number of nitrogens with zero attached hydrogens (tertiary/aromatic N) is 1. The van der Waals surface area contributed by atoms with Crippen molar-refractivity contribution in [1.82, 2.24) is 10.2 Å². The third-order valence-electron chi connectivity index (χ3n) is 3.87. The molecule has 1 aromatic carbocycles. The van der Waals surface area contributed by atoms with Crippen molar-refractivity contribution in [2.24, 2.45) is 0 Å². The van der Waals surface area contributed by atoms with Gasteiger partial charge in [0.2, 0.25) is 0 Å². The van der Waals surface area contributed by atoms with Crippen molar-refractivity contribution in [3.63, 3.8) is 0 Å². The van der Waals surface area contributed by atoms with Gasteiger partial charge in [-0.25, -0.2) is 4.39 Å². The molecule has 112 valence electrons. The first kappa shape index (κ1) is 15.2. The molecule has 1 aliphatic rings. The molecule has 21 heavy (non-hydrogen) atoms. The normalized spacial score (nSPS) is 17.9. The Balaban J connectivity index is 2.07. The van der Waals surface area contributed by atoms with Crippen molar-refractivity contribution in [3.05, 3.63) is 55.9 Å². The monoisotopic (exact) mass is 368 g/mol. The van der Waals surface area contributed by atoms with Crippen LogP contribution in [0, 0.1) is 12.7 Å². The molecular formula is C16H18BrFN2S. The predicted molar refractivity (Wildman–Crippen MR) is 89.4 cm³/mol. The molecule has 1 saturated heterocycles. The van der Waals surface area contributed by atoms with E-state index in [-0.39, 0.29) is 11.9 Å². The van der Waals surface area contributed by atoms with Gasteiger partial charge in [0.25, 0.3) is 0 Å². The summed E-state index contributed by atoms with van der Waals surface area (Å²) in [6.07, 6.45) is 0. The van der Waals surface area contributed by atoms with Crippen LogP contribution in [0.2, 0.25) is 0 Å². The molecule has 0 saturated carbocycles. The lowest BCUT2D eigenvalue weighted by molar-refractivity contribution is 0.197. The summed E-state index contributed by atoms with van der Waals surface area (Å²) in [6.45, 7) is 5.61. The second kappa shape index (κ2) is 6.57. The van der Waals surface area contributed by atoms with Crippen LogP contribution < -0.4 is 5.32 Å². The zero-order valence-electron chi connectivity index (χ0n) is 11.9. The maximum Gasteiger partial charge on any atom is 0.131 e. The van der Waals surface area contributed by atoms with Gasteiger partial charge in [0, 0.05) is 41.1 Å². The van der Waals surface area contributed by atoms with E-state index in [1.807, 2.05) is 25.1 Å². The first-order valence-electron chi connectivity index (χ1n) is 7.10. The molecule has 0 unspecified atom stereocenters. The first-order chi connectivity index (χ1) is 10.2. The smallest absolute Gasteiger partial charge is 0.131 e. The Morgan fingerprint density at radius 2 is 2.10 bits per heavy atom. The third kappa shape index (κ3) is 3.21. The Kier molecular flexibility index (Phi) is 4.74. The van der Waals surface area contributed by atoms with Crippen LogP contribution in [0.25, 0.3) is 0 Å². The number of nitrogens with one attached hydrogen (secondary N) is 1. The van der Waals surface area contributed by atoms with Crippen LogP contribution in [0.5, 0.6) is 0 Å². The number of thiophene rings is 1. The van der Waals surface area contributed by atoms with Gasteiger partial charge in [0.05, 0.1) is 6.04 Å². The number of halogens is 2. The van der Waals surface area contributed by atoms with E-state index in [0.29, 0.717) is 5.56 Å². The topological polar surface area (TPSA) is 15.3 Å². The van der Waals surface area contributed by atoms with Gasteiger partial charge in [0.15, 0.2) is 0 Å². The molecule has 1 aliphatic heterocycles. The summed E-state index contributed by atoms with van der Waals surface area (Å²) in [5.74, 6) is -0.0878. The molecule has 1 fully saturated rings. The highest BCUT2D eigenvalue weighted by Gasteiger charge is 2.27. The molecule has 1 aromatic heterocycles. The van der Waals surface area contributed by atoms with Crippen molar-refractivity contribution >= 4 is 27.3 Å². The fourth-order valence-electron chi connectivity index (χ4n) is 2.87. The van der Waals surface area contributed by atoms with Crippen LogP contribution in [0.1, 0.15) is 22.0 Å². The van der Waals surface area contributed by atoms with E-state index in [0.717, 1.165) is 36.2 Å². The molecule has 5 heteroatoms. The number of aryl methyl sites for hydroxylation is 1. The van der Waals surface area contributed by atoms with E-state index < -0.39 is 0 Å². The van der Waals surface area contributed by atoms with Gasteiger partial charge in [-0.15, -0.1) is 11.3 Å². The second-order valence-electron chi connectivity index (χ2n) is 5.33. The van der Waals surface area contributed by atoms with E-state index in [9.17, 15) is 4.39 Å². The quantitative estimate of drug-likeness (QED) is 0.881. The number of hydrogen-bond donors (Lipinski definition) is 1. The summed E-state index contributed by atoms with van der Waals surface area (Å²) in [6, 6.07) is 7.91. The lowest BCUT2D eigenvalue weighted by Crippen LogP contribution is -2.45. The lowest BCUT2D eigenvalue weighted by atomic mass is 10.00. The zero-order valence-corrected chi connectivity index (χ0v) is 14.3. The van der Waals surface area contributed by atoms with Crippen molar-refractivity contribution in [3.8, 4) is 0 Å². The largest absolute Gasteiger partial charge is 0.314 e. The van der Waals surface area contributed by atoms with E-state index >= 15 is 0 Å². The number of piperazine rings is 1. The van der Waals surface area contributed by atoms with Crippen LogP contribution in [0.4, 0.5) is 4.39 Å². The SMILES string of the molecule is Cc1cc(Br)cc([C@@H](c2cccs2)N2CCNCC2)c1F. The van der Waals surface area contributed by atoms with Crippen LogP contribution in [0.15, 0.2) is 34.1 Å². The van der Waals surface area contributed by atoms with Gasteiger partial charge in [0.1, 0.15) is 5.82 Å². The number of rotatable bonds is 3. The first-order valence-corrected chi connectivity index (χ1v) is 8.78. The van der Waals surface area contributed by atoms with Gasteiger partial charge in [-0.05, 0) is 36.1 Å². The summed E-state index contributed by atoms with van der Waals surface area (Å²) >= 11 is 5.20. The fourth-order valence-corrected chi connectivity index (χ4v) is 4.33. The molecule has 0 amide bonds. The van der Waals surface area contributed by atoms with Crippen LogP contribution in [-0.2, 0) is 0 Å². The van der Waals surface area contributed by atoms with Crippen LogP contribution in [0.3, 0.4) is 0 Å². The molecule has 2 nitrogen and oxygen atoms in total. The van der Waals surface area contributed by atoms with Crippen molar-refractivity contribution in [2.75, 3.05) is 26.2 Å². The molecule has 3 rings (SSSR count). The summed E-state index contributed by atoms with van der Waals surface area (Å²) in [4.78, 5) is 3.57. The van der Waals surface area contributed by atoms with Crippen LogP contribution >= 0.6 is 27.3 Å². The highest BCUT2D eigenvalue weighted by atomic mass is 79.9. The van der Waals surface area contributed by atoms with Crippen LogP contribution in [-0.4, -0.2) is 31.1 Å². The third-order valence-corrected chi connectivity index (χ3v) is 5.25. The Morgan fingerprint density at radius 1 is 1.33 bits per heavy atom. The standard InChI is InChI=1S/C16H18BrFN2S/c1-11-9-12(17)10-13(15(11)18)16(14-3-2-8-21-14)20-6-4-19-5-7-20/h2-3,8-10,16,19H,4-7H2,1H3/t16-/m0/s1. The molecule has 2 aromatic rings. The minimum absolute atomic E-state index is 0.00306. The van der Waals surface area contributed by atoms with E-state index in [2.05, 4.69) is 37.6 Å². The summed E-state index contributed by atoms with van der Waals surface area (Å²) in [7, 11) is 0. The Labute approximate surface area is 137 Å².